The van der Waals surface area contributed by atoms with Crippen molar-refractivity contribution in [2.75, 3.05) is 0 Å². The van der Waals surface area contributed by atoms with E-state index in [1.807, 2.05) is 0 Å². The van der Waals surface area contributed by atoms with Crippen LogP contribution in [-0.2, 0) is 9.05 Å². The molecule has 0 bridgehead atoms. The van der Waals surface area contributed by atoms with Gasteiger partial charge in [-0.3, -0.25) is 0 Å². The van der Waals surface area contributed by atoms with Gasteiger partial charge in [-0.05, 0) is 19.1 Å². The predicted molar refractivity (Wildman–Crippen MR) is 48.9 cm³/mol. The molecular formula is C8H5ClFNO2S. The lowest BCUT2D eigenvalue weighted by Gasteiger charge is -2.03. The van der Waals surface area contributed by atoms with E-state index in [1.54, 1.807) is 6.07 Å². The maximum atomic E-state index is 12.9. The van der Waals surface area contributed by atoms with Crippen molar-refractivity contribution in [2.45, 2.75) is 11.8 Å². The summed E-state index contributed by atoms with van der Waals surface area (Å²) in [5.74, 6) is -0.634. The number of hydrogen-bond acceptors (Lipinski definition) is 3. The second kappa shape index (κ2) is 3.56. The molecule has 0 N–H and O–H groups in total. The standard InChI is InChI=1S/C8H5ClFNO2S/c1-5-6(4-11)8(14(9,12)13)3-2-7(5)10/h2-3H,1H3. The van der Waals surface area contributed by atoms with E-state index in [0.717, 1.165) is 12.1 Å². The fourth-order valence-electron chi connectivity index (χ4n) is 1.00. The minimum absolute atomic E-state index is 0.0192. The third-order valence-electron chi connectivity index (χ3n) is 1.74. The van der Waals surface area contributed by atoms with Crippen molar-refractivity contribution < 1.29 is 12.8 Å². The van der Waals surface area contributed by atoms with Gasteiger partial charge in [0.05, 0.1) is 5.56 Å². The molecular weight excluding hydrogens is 229 g/mol. The molecule has 1 aromatic rings. The van der Waals surface area contributed by atoms with Gasteiger partial charge in [0, 0.05) is 16.2 Å². The van der Waals surface area contributed by atoms with Crippen LogP contribution in [0.1, 0.15) is 11.1 Å². The SMILES string of the molecule is Cc1c(F)ccc(S(=O)(=O)Cl)c1C#N. The first-order chi connectivity index (χ1) is 6.38. The first-order valence-electron chi connectivity index (χ1n) is 3.52. The second-order valence-corrected chi connectivity index (χ2v) is 5.13. The van der Waals surface area contributed by atoms with Crippen LogP contribution in [0.25, 0.3) is 0 Å². The van der Waals surface area contributed by atoms with Crippen molar-refractivity contribution in [1.82, 2.24) is 0 Å². The van der Waals surface area contributed by atoms with Gasteiger partial charge in [0.2, 0.25) is 0 Å². The van der Waals surface area contributed by atoms with Crippen molar-refractivity contribution in [3.63, 3.8) is 0 Å². The molecule has 0 aliphatic rings. The van der Waals surface area contributed by atoms with Crippen LogP contribution in [0.5, 0.6) is 0 Å². The minimum Gasteiger partial charge on any atom is -0.207 e. The Labute approximate surface area is 85.2 Å². The monoisotopic (exact) mass is 233 g/mol. The molecule has 0 aromatic heterocycles. The fourth-order valence-corrected chi connectivity index (χ4v) is 2.06. The van der Waals surface area contributed by atoms with E-state index >= 15 is 0 Å². The molecule has 1 rings (SSSR count). The van der Waals surface area contributed by atoms with Gasteiger partial charge in [0.25, 0.3) is 9.05 Å². The van der Waals surface area contributed by atoms with E-state index in [4.69, 9.17) is 15.9 Å². The summed E-state index contributed by atoms with van der Waals surface area (Å²) in [4.78, 5) is -0.361. The second-order valence-electron chi connectivity index (χ2n) is 2.60. The average molecular weight is 234 g/mol. The summed E-state index contributed by atoms with van der Waals surface area (Å²) < 4.78 is 34.9. The highest BCUT2D eigenvalue weighted by molar-refractivity contribution is 8.13. The summed E-state index contributed by atoms with van der Waals surface area (Å²) >= 11 is 0. The Bertz CT molecular complexity index is 519. The number of rotatable bonds is 1. The molecule has 0 atom stereocenters. The van der Waals surface area contributed by atoms with Crippen LogP contribution in [-0.4, -0.2) is 8.42 Å². The molecule has 0 saturated carbocycles. The van der Waals surface area contributed by atoms with Crippen molar-refractivity contribution >= 4 is 19.7 Å². The predicted octanol–water partition coefficient (Wildman–Crippen LogP) is 1.93. The van der Waals surface area contributed by atoms with E-state index in [1.165, 1.54) is 6.92 Å². The van der Waals surface area contributed by atoms with Crippen molar-refractivity contribution in [1.29, 1.82) is 5.26 Å². The summed E-state index contributed by atoms with van der Waals surface area (Å²) in [6.07, 6.45) is 0. The molecule has 6 heteroatoms. The van der Waals surface area contributed by atoms with Gasteiger partial charge < -0.3 is 0 Å². The third kappa shape index (κ3) is 1.86. The van der Waals surface area contributed by atoms with Gasteiger partial charge in [-0.25, -0.2) is 12.8 Å². The zero-order valence-electron chi connectivity index (χ0n) is 7.08. The quantitative estimate of drug-likeness (QED) is 0.697. The number of benzene rings is 1. The minimum atomic E-state index is -4.00. The molecule has 0 heterocycles. The Kier molecular flexibility index (Phi) is 2.79. The van der Waals surface area contributed by atoms with Gasteiger partial charge in [-0.1, -0.05) is 0 Å². The molecule has 0 amide bonds. The highest BCUT2D eigenvalue weighted by Crippen LogP contribution is 2.23. The molecule has 0 fully saturated rings. The summed E-state index contributed by atoms with van der Waals surface area (Å²) in [5.41, 5.74) is -0.269. The summed E-state index contributed by atoms with van der Waals surface area (Å²) in [5, 5.41) is 8.65. The van der Waals surface area contributed by atoms with E-state index in [9.17, 15) is 12.8 Å². The van der Waals surface area contributed by atoms with Crippen molar-refractivity contribution in [3.05, 3.63) is 29.1 Å². The number of nitrogens with zero attached hydrogens (tertiary/aromatic N) is 1. The first-order valence-corrected chi connectivity index (χ1v) is 5.82. The van der Waals surface area contributed by atoms with Gasteiger partial charge >= 0.3 is 0 Å². The Hall–Kier alpha value is -1.12. The Morgan fingerprint density at radius 3 is 2.50 bits per heavy atom. The number of nitriles is 1. The van der Waals surface area contributed by atoms with Crippen LogP contribution in [0, 0.1) is 24.1 Å². The number of halogens is 2. The molecule has 0 saturated heterocycles. The Morgan fingerprint density at radius 2 is 2.07 bits per heavy atom. The number of hydrogen-bond donors (Lipinski definition) is 0. The zero-order valence-corrected chi connectivity index (χ0v) is 8.66. The smallest absolute Gasteiger partial charge is 0.207 e. The zero-order chi connectivity index (χ0) is 10.9. The molecule has 0 radical (unpaired) electrons. The van der Waals surface area contributed by atoms with Crippen LogP contribution in [0.15, 0.2) is 17.0 Å². The van der Waals surface area contributed by atoms with Gasteiger partial charge in [-0.2, -0.15) is 5.26 Å². The summed E-state index contributed by atoms with van der Waals surface area (Å²) in [6.45, 7) is 1.32. The van der Waals surface area contributed by atoms with Crippen LogP contribution in [0.2, 0.25) is 0 Å². The molecule has 1 aromatic carbocycles. The van der Waals surface area contributed by atoms with E-state index in [2.05, 4.69) is 0 Å². The van der Waals surface area contributed by atoms with Crippen molar-refractivity contribution in [2.24, 2.45) is 0 Å². The van der Waals surface area contributed by atoms with Gasteiger partial charge in [-0.15, -0.1) is 0 Å². The fraction of sp³-hybridized carbons (Fsp3) is 0.125. The molecule has 0 unspecified atom stereocenters. The largest absolute Gasteiger partial charge is 0.262 e. The molecule has 14 heavy (non-hydrogen) atoms. The van der Waals surface area contributed by atoms with Crippen molar-refractivity contribution in [3.8, 4) is 6.07 Å². The molecule has 3 nitrogen and oxygen atoms in total. The molecule has 0 aliphatic carbocycles. The molecule has 74 valence electrons. The highest BCUT2D eigenvalue weighted by Gasteiger charge is 2.19. The van der Waals surface area contributed by atoms with E-state index in [0.29, 0.717) is 0 Å². The van der Waals surface area contributed by atoms with Gasteiger partial charge in [0.15, 0.2) is 0 Å². The summed E-state index contributed by atoms with van der Waals surface area (Å²) in [6, 6.07) is 3.55. The Balaban J connectivity index is 3.66. The summed E-state index contributed by atoms with van der Waals surface area (Å²) in [7, 11) is 1.06. The van der Waals surface area contributed by atoms with Crippen LogP contribution < -0.4 is 0 Å². The maximum absolute atomic E-state index is 12.9. The average Bonchev–Trinajstić information content (AvgIpc) is 2.07. The normalized spacial score (nSPS) is 11.0. The van der Waals surface area contributed by atoms with E-state index < -0.39 is 14.9 Å². The lowest BCUT2D eigenvalue weighted by atomic mass is 10.1. The lowest BCUT2D eigenvalue weighted by molar-refractivity contribution is 0.604. The van der Waals surface area contributed by atoms with E-state index in [-0.39, 0.29) is 16.0 Å². The van der Waals surface area contributed by atoms with Gasteiger partial charge in [0.1, 0.15) is 16.8 Å². The molecule has 0 aliphatic heterocycles. The highest BCUT2D eigenvalue weighted by atomic mass is 35.7. The maximum Gasteiger partial charge on any atom is 0.262 e. The Morgan fingerprint density at radius 1 is 1.50 bits per heavy atom. The lowest BCUT2D eigenvalue weighted by Crippen LogP contribution is -1.99. The van der Waals surface area contributed by atoms with Crippen LogP contribution in [0.4, 0.5) is 4.39 Å². The molecule has 0 spiro atoms. The first kappa shape index (κ1) is 11.0. The topological polar surface area (TPSA) is 57.9 Å². The van der Waals surface area contributed by atoms with Crippen LogP contribution in [0.3, 0.4) is 0 Å². The van der Waals surface area contributed by atoms with Crippen LogP contribution >= 0.6 is 10.7 Å². The third-order valence-corrected chi connectivity index (χ3v) is 3.10.